The van der Waals surface area contributed by atoms with Crippen LogP contribution in [0.5, 0.6) is 0 Å². The second-order valence-electron chi connectivity index (χ2n) is 8.34. The van der Waals surface area contributed by atoms with Crippen LogP contribution in [0.2, 0.25) is 0 Å². The monoisotopic (exact) mass is 429 g/mol. The Kier molecular flexibility index (Phi) is 5.62. The zero-order valence-corrected chi connectivity index (χ0v) is 18.2. The molecule has 7 heteroatoms. The second-order valence-corrected chi connectivity index (χ2v) is 8.34. The van der Waals surface area contributed by atoms with Gasteiger partial charge in [0.05, 0.1) is 6.42 Å². The number of benzene rings is 2. The van der Waals surface area contributed by atoms with E-state index < -0.39 is 0 Å². The molecule has 0 saturated carbocycles. The van der Waals surface area contributed by atoms with Crippen LogP contribution >= 0.6 is 0 Å². The third kappa shape index (κ3) is 4.23. The van der Waals surface area contributed by atoms with E-state index >= 15 is 0 Å². The van der Waals surface area contributed by atoms with Crippen LogP contribution < -0.4 is 4.90 Å². The lowest BCUT2D eigenvalue weighted by Crippen LogP contribution is -2.54. The summed E-state index contributed by atoms with van der Waals surface area (Å²) in [5.41, 5.74) is 3.42. The van der Waals surface area contributed by atoms with Crippen molar-refractivity contribution in [3.05, 3.63) is 78.1 Å². The zero-order chi connectivity index (χ0) is 21.9. The van der Waals surface area contributed by atoms with Gasteiger partial charge in [-0.15, -0.1) is 10.2 Å². The van der Waals surface area contributed by atoms with Crippen molar-refractivity contribution in [3.8, 4) is 0 Å². The van der Waals surface area contributed by atoms with Gasteiger partial charge in [-0.2, -0.15) is 0 Å². The number of fused-ring (bicyclic) bond motifs is 1. The van der Waals surface area contributed by atoms with Gasteiger partial charge >= 0.3 is 0 Å². The number of nitrogens with one attached hydrogen (secondary N) is 1. The first-order valence-electron chi connectivity index (χ1n) is 11.1. The summed E-state index contributed by atoms with van der Waals surface area (Å²) >= 11 is 0. The summed E-state index contributed by atoms with van der Waals surface area (Å²) in [4.78, 5) is 20.4. The summed E-state index contributed by atoms with van der Waals surface area (Å²) in [6.07, 6.45) is 3.40. The molecule has 2 aromatic carbocycles. The van der Waals surface area contributed by atoms with Gasteiger partial charge in [-0.05, 0) is 30.7 Å². The molecule has 1 N–H and O–H groups in total. The summed E-state index contributed by atoms with van der Waals surface area (Å²) in [6, 6.07) is 18.7. The van der Waals surface area contributed by atoms with Crippen molar-refractivity contribution in [2.75, 3.05) is 24.5 Å². The molecule has 4 aromatic rings. The number of carbonyl (C=O) groups is 1. The van der Waals surface area contributed by atoms with Crippen LogP contribution in [-0.4, -0.2) is 51.7 Å². The van der Waals surface area contributed by atoms with Crippen molar-refractivity contribution in [2.24, 2.45) is 0 Å². The van der Waals surface area contributed by atoms with Crippen LogP contribution in [0.1, 0.15) is 30.7 Å². The Morgan fingerprint density at radius 3 is 2.69 bits per heavy atom. The van der Waals surface area contributed by atoms with E-state index in [1.807, 2.05) is 35.4 Å². The number of aryl methyl sites for hydroxylation is 1. The molecule has 7 nitrogen and oxygen atoms in total. The fourth-order valence-corrected chi connectivity index (χ4v) is 4.46. The van der Waals surface area contributed by atoms with E-state index in [-0.39, 0.29) is 11.9 Å². The van der Waals surface area contributed by atoms with Gasteiger partial charge in [0.25, 0.3) is 0 Å². The van der Waals surface area contributed by atoms with Gasteiger partial charge < -0.3 is 19.2 Å². The Bertz CT molecular complexity index is 1200. The van der Waals surface area contributed by atoms with Gasteiger partial charge in [0.15, 0.2) is 0 Å². The average molecular weight is 430 g/mol. The lowest BCUT2D eigenvalue weighted by Gasteiger charge is -2.41. The van der Waals surface area contributed by atoms with Crippen molar-refractivity contribution in [2.45, 2.75) is 32.2 Å². The topological polar surface area (TPSA) is 78.3 Å². The lowest BCUT2D eigenvalue weighted by molar-refractivity contribution is -0.133. The summed E-state index contributed by atoms with van der Waals surface area (Å²) in [5, 5.41) is 9.50. The van der Waals surface area contributed by atoms with E-state index in [1.165, 1.54) is 5.69 Å². The Morgan fingerprint density at radius 1 is 1.06 bits per heavy atom. The number of carbonyl (C=O) groups excluding carboxylic acids is 1. The lowest BCUT2D eigenvalue weighted by atomic mass is 10.1. The Labute approximate surface area is 187 Å². The average Bonchev–Trinajstić information content (AvgIpc) is 3.45. The Hall–Kier alpha value is -3.61. The number of anilines is 1. The zero-order valence-electron chi connectivity index (χ0n) is 18.2. The minimum absolute atomic E-state index is 0.140. The highest BCUT2D eigenvalue weighted by atomic mass is 16.4. The van der Waals surface area contributed by atoms with Gasteiger partial charge in [-0.25, -0.2) is 0 Å². The molecule has 1 saturated heterocycles. The number of amides is 1. The number of hydrogen-bond acceptors (Lipinski definition) is 5. The molecule has 164 valence electrons. The molecule has 1 aliphatic heterocycles. The third-order valence-electron chi connectivity index (χ3n) is 6.15. The van der Waals surface area contributed by atoms with Crippen molar-refractivity contribution in [3.63, 3.8) is 0 Å². The molecule has 2 aromatic heterocycles. The van der Waals surface area contributed by atoms with E-state index in [2.05, 4.69) is 57.3 Å². The van der Waals surface area contributed by atoms with E-state index in [0.717, 1.165) is 36.1 Å². The molecule has 0 aliphatic carbocycles. The van der Waals surface area contributed by atoms with Crippen LogP contribution in [0.25, 0.3) is 10.9 Å². The molecule has 1 atom stereocenters. The smallest absolute Gasteiger partial charge is 0.223 e. The quantitative estimate of drug-likeness (QED) is 0.504. The van der Waals surface area contributed by atoms with Gasteiger partial charge in [0, 0.05) is 61.3 Å². The van der Waals surface area contributed by atoms with Gasteiger partial charge in [0.2, 0.25) is 17.7 Å². The molecule has 1 aliphatic rings. The summed E-state index contributed by atoms with van der Waals surface area (Å²) in [7, 11) is 0. The minimum atomic E-state index is 0.140. The molecular formula is C25H27N5O2. The van der Waals surface area contributed by atoms with Gasteiger partial charge in [-0.1, -0.05) is 36.4 Å². The molecule has 3 heterocycles. The summed E-state index contributed by atoms with van der Waals surface area (Å²) < 4.78 is 5.83. The third-order valence-corrected chi connectivity index (χ3v) is 6.15. The van der Waals surface area contributed by atoms with Crippen LogP contribution in [-0.2, 0) is 17.6 Å². The number of para-hydroxylation sites is 2. The summed E-state index contributed by atoms with van der Waals surface area (Å²) in [6.45, 7) is 4.52. The molecular weight excluding hydrogens is 402 g/mol. The SMILES string of the molecule is CC1CN(c2ccccc2)CCN1C(=O)CCc1nnc(Cc2c[nH]c3ccccc23)o1. The second kappa shape index (κ2) is 8.86. The first kappa shape index (κ1) is 20.3. The summed E-state index contributed by atoms with van der Waals surface area (Å²) in [5.74, 6) is 1.23. The predicted octanol–water partition coefficient (Wildman–Crippen LogP) is 3.81. The first-order chi connectivity index (χ1) is 15.7. The molecule has 0 radical (unpaired) electrons. The van der Waals surface area contributed by atoms with Crippen molar-refractivity contribution in [1.29, 1.82) is 0 Å². The highest BCUT2D eigenvalue weighted by Crippen LogP contribution is 2.21. The van der Waals surface area contributed by atoms with Crippen LogP contribution in [0.15, 0.2) is 65.2 Å². The maximum Gasteiger partial charge on any atom is 0.223 e. The Balaban J connectivity index is 1.15. The normalized spacial score (nSPS) is 16.6. The van der Waals surface area contributed by atoms with Crippen LogP contribution in [0.4, 0.5) is 5.69 Å². The van der Waals surface area contributed by atoms with Gasteiger partial charge in [0.1, 0.15) is 0 Å². The maximum atomic E-state index is 12.8. The van der Waals surface area contributed by atoms with Gasteiger partial charge in [-0.3, -0.25) is 4.79 Å². The van der Waals surface area contributed by atoms with Crippen LogP contribution in [0.3, 0.4) is 0 Å². The maximum absolute atomic E-state index is 12.8. The molecule has 0 bridgehead atoms. The van der Waals surface area contributed by atoms with E-state index in [1.54, 1.807) is 0 Å². The number of H-pyrrole nitrogens is 1. The standard InChI is InChI=1S/C25H27N5O2/c1-18-17-29(20-7-3-2-4-8-20)13-14-30(18)25(31)12-11-23-27-28-24(32-23)15-19-16-26-22-10-6-5-9-21(19)22/h2-10,16,18,26H,11-15,17H2,1H3. The van der Waals surface area contributed by atoms with Crippen molar-refractivity contribution >= 4 is 22.5 Å². The molecule has 1 fully saturated rings. The van der Waals surface area contributed by atoms with Crippen molar-refractivity contribution in [1.82, 2.24) is 20.1 Å². The fraction of sp³-hybridized carbons (Fsp3) is 0.320. The van der Waals surface area contributed by atoms with Crippen molar-refractivity contribution < 1.29 is 9.21 Å². The largest absolute Gasteiger partial charge is 0.425 e. The minimum Gasteiger partial charge on any atom is -0.425 e. The predicted molar refractivity (Wildman–Crippen MR) is 124 cm³/mol. The van der Waals surface area contributed by atoms with E-state index in [9.17, 15) is 4.79 Å². The number of aromatic amines is 1. The molecule has 32 heavy (non-hydrogen) atoms. The Morgan fingerprint density at radius 2 is 1.84 bits per heavy atom. The molecule has 1 amide bonds. The fourth-order valence-electron chi connectivity index (χ4n) is 4.46. The number of aromatic nitrogens is 3. The highest BCUT2D eigenvalue weighted by molar-refractivity contribution is 5.83. The molecule has 0 spiro atoms. The number of rotatable bonds is 6. The molecule has 5 rings (SSSR count). The number of hydrogen-bond donors (Lipinski definition) is 1. The first-order valence-corrected chi connectivity index (χ1v) is 11.1. The number of piperazine rings is 1. The number of nitrogens with zero attached hydrogens (tertiary/aromatic N) is 4. The van der Waals surface area contributed by atoms with E-state index in [0.29, 0.717) is 31.0 Å². The molecule has 1 unspecified atom stereocenters. The van der Waals surface area contributed by atoms with Crippen LogP contribution in [0, 0.1) is 0 Å². The van der Waals surface area contributed by atoms with E-state index in [4.69, 9.17) is 4.42 Å². The highest BCUT2D eigenvalue weighted by Gasteiger charge is 2.27.